The van der Waals surface area contributed by atoms with Crippen LogP contribution in [0.5, 0.6) is 0 Å². The molecule has 220 valence electrons. The molecule has 0 unspecified atom stereocenters. The van der Waals surface area contributed by atoms with Crippen molar-refractivity contribution in [2.45, 2.75) is 91.6 Å². The first-order valence-corrected chi connectivity index (χ1v) is 15.2. The molecule has 10 heteroatoms. The van der Waals surface area contributed by atoms with Crippen molar-refractivity contribution in [1.82, 2.24) is 5.32 Å². The highest BCUT2D eigenvalue weighted by Crippen LogP contribution is 2.37. The molecule has 1 saturated carbocycles. The Morgan fingerprint density at radius 1 is 1.20 bits per heavy atom. The van der Waals surface area contributed by atoms with Gasteiger partial charge in [0.15, 0.2) is 6.29 Å². The molecular weight excluding hydrogens is 532 g/mol. The fourth-order valence-corrected chi connectivity index (χ4v) is 6.38. The Labute approximate surface area is 240 Å². The second-order valence-electron chi connectivity index (χ2n) is 12.3. The van der Waals surface area contributed by atoms with Crippen molar-refractivity contribution in [1.29, 1.82) is 0 Å². The van der Waals surface area contributed by atoms with Crippen LogP contribution in [-0.4, -0.2) is 61.3 Å². The van der Waals surface area contributed by atoms with Crippen molar-refractivity contribution in [2.75, 3.05) is 24.7 Å². The Kier molecular flexibility index (Phi) is 9.80. The third-order valence-electron chi connectivity index (χ3n) is 7.85. The maximum atomic E-state index is 13.9. The monoisotopic (exact) mass is 574 g/mol. The molecule has 0 aromatic carbocycles. The van der Waals surface area contributed by atoms with E-state index in [1.54, 1.807) is 11.0 Å². The molecule has 3 heterocycles. The first-order chi connectivity index (χ1) is 18.9. The van der Waals surface area contributed by atoms with Crippen LogP contribution in [0, 0.1) is 35.0 Å². The van der Waals surface area contributed by atoms with Gasteiger partial charge in [-0.05, 0) is 78.2 Å². The summed E-state index contributed by atoms with van der Waals surface area (Å²) in [6.45, 7) is 11.3. The van der Waals surface area contributed by atoms with Crippen LogP contribution in [0.15, 0.2) is 6.07 Å². The molecule has 1 aromatic heterocycles. The van der Waals surface area contributed by atoms with Crippen LogP contribution in [0.25, 0.3) is 0 Å². The molecule has 9 nitrogen and oxygen atoms in total. The number of nitrogens with zero attached hydrogens (tertiary/aromatic N) is 1. The standard InChI is InChI=1S/C30H42N2O7S/c1-18-6-8-20(9-7-18)26(33)32(23-16-21(10-13-30(3,4)5)40-25(23)27(34)35)19(2)11-14-31-29(36)39-24-17-38-28-22(24)12-15-37-28/h16,18-20,22,24,28H,6-9,11-12,14-15,17H2,1-5H3,(H,31,36)(H,34,35)/t18-,19-,20-,22-,24-,28+/m0/s1. The number of carbonyl (C=O) groups is 3. The van der Waals surface area contributed by atoms with Crippen molar-refractivity contribution in [3.05, 3.63) is 15.8 Å². The zero-order chi connectivity index (χ0) is 29.0. The van der Waals surface area contributed by atoms with Crippen LogP contribution in [0.4, 0.5) is 10.5 Å². The van der Waals surface area contributed by atoms with Gasteiger partial charge in [0, 0.05) is 23.9 Å². The summed E-state index contributed by atoms with van der Waals surface area (Å²) in [5.41, 5.74) is 0.135. The predicted octanol–water partition coefficient (Wildman–Crippen LogP) is 5.27. The van der Waals surface area contributed by atoms with Gasteiger partial charge in [0.05, 0.1) is 29.7 Å². The van der Waals surface area contributed by atoms with Gasteiger partial charge in [-0.2, -0.15) is 0 Å². The van der Waals surface area contributed by atoms with Gasteiger partial charge in [0.2, 0.25) is 5.91 Å². The number of carbonyl (C=O) groups excluding carboxylic acids is 2. The number of anilines is 1. The number of hydrogen-bond donors (Lipinski definition) is 2. The van der Waals surface area contributed by atoms with E-state index in [0.717, 1.165) is 43.4 Å². The smallest absolute Gasteiger partial charge is 0.407 e. The quantitative estimate of drug-likeness (QED) is 0.407. The summed E-state index contributed by atoms with van der Waals surface area (Å²) in [5.74, 6) is 5.59. The van der Waals surface area contributed by atoms with E-state index in [1.165, 1.54) is 0 Å². The lowest BCUT2D eigenvalue weighted by Gasteiger charge is -2.35. The van der Waals surface area contributed by atoms with Crippen LogP contribution in [-0.2, 0) is 19.0 Å². The van der Waals surface area contributed by atoms with E-state index in [-0.39, 0.29) is 53.0 Å². The zero-order valence-electron chi connectivity index (χ0n) is 24.2. The number of carboxylic acid groups (broad SMARTS) is 1. The Morgan fingerprint density at radius 2 is 1.93 bits per heavy atom. The summed E-state index contributed by atoms with van der Waals surface area (Å²) in [5, 5.41) is 12.8. The second kappa shape index (κ2) is 12.9. The van der Waals surface area contributed by atoms with E-state index >= 15 is 0 Å². The highest BCUT2D eigenvalue weighted by atomic mass is 32.1. The van der Waals surface area contributed by atoms with E-state index in [4.69, 9.17) is 14.2 Å². The van der Waals surface area contributed by atoms with Gasteiger partial charge in [-0.15, -0.1) is 11.3 Å². The largest absolute Gasteiger partial charge is 0.477 e. The summed E-state index contributed by atoms with van der Waals surface area (Å²) in [6, 6.07) is 1.37. The molecule has 4 atom stereocenters. The maximum Gasteiger partial charge on any atom is 0.407 e. The fraction of sp³-hybridized carbons (Fsp3) is 0.700. The molecule has 2 aliphatic heterocycles. The number of nitrogens with one attached hydrogen (secondary N) is 1. The number of ether oxygens (including phenoxy) is 3. The Balaban J connectivity index is 1.48. The molecule has 0 spiro atoms. The van der Waals surface area contributed by atoms with Gasteiger partial charge < -0.3 is 29.5 Å². The van der Waals surface area contributed by atoms with Crippen molar-refractivity contribution in [3.8, 4) is 11.8 Å². The highest BCUT2D eigenvalue weighted by Gasteiger charge is 2.44. The summed E-state index contributed by atoms with van der Waals surface area (Å²) < 4.78 is 16.6. The van der Waals surface area contributed by atoms with Gasteiger partial charge in [-0.3, -0.25) is 4.79 Å². The first kappa shape index (κ1) is 30.4. The molecule has 40 heavy (non-hydrogen) atoms. The van der Waals surface area contributed by atoms with Crippen LogP contribution >= 0.6 is 11.3 Å². The highest BCUT2D eigenvalue weighted by molar-refractivity contribution is 7.15. The van der Waals surface area contributed by atoms with E-state index in [0.29, 0.717) is 36.1 Å². The van der Waals surface area contributed by atoms with Gasteiger partial charge in [0.1, 0.15) is 11.0 Å². The Hall–Kier alpha value is -2.61. The predicted molar refractivity (Wildman–Crippen MR) is 152 cm³/mol. The summed E-state index contributed by atoms with van der Waals surface area (Å²) in [4.78, 5) is 41.1. The SMILES string of the molecule is C[C@@H](CCNC(=O)O[C@H]1CO[C@H]2OCC[C@H]21)N(c1cc(C#CC(C)(C)C)sc1C(=O)O)C(=O)[C@H]1CC[C@H](C)CC1. The fourth-order valence-electron chi connectivity index (χ4n) is 5.54. The Bertz CT molecular complexity index is 1140. The third-order valence-corrected chi connectivity index (χ3v) is 8.87. The van der Waals surface area contributed by atoms with Crippen molar-refractivity contribution < 1.29 is 33.7 Å². The van der Waals surface area contributed by atoms with Crippen molar-refractivity contribution >= 4 is 35.0 Å². The maximum absolute atomic E-state index is 13.9. The molecule has 3 fully saturated rings. The number of fused-ring (bicyclic) bond motifs is 1. The Morgan fingerprint density at radius 3 is 2.60 bits per heavy atom. The molecule has 4 rings (SSSR count). The lowest BCUT2D eigenvalue weighted by molar-refractivity contribution is -0.124. The molecule has 0 bridgehead atoms. The minimum absolute atomic E-state index is 0.0552. The minimum Gasteiger partial charge on any atom is -0.477 e. The molecule has 2 saturated heterocycles. The number of rotatable bonds is 8. The lowest BCUT2D eigenvalue weighted by Crippen LogP contribution is -2.45. The molecule has 3 aliphatic rings. The minimum atomic E-state index is -1.08. The van der Waals surface area contributed by atoms with Crippen LogP contribution in [0.1, 0.15) is 87.7 Å². The number of alkyl carbamates (subject to hydrolysis) is 1. The van der Waals surface area contributed by atoms with Crippen LogP contribution in [0.3, 0.4) is 0 Å². The first-order valence-electron chi connectivity index (χ1n) is 14.3. The van der Waals surface area contributed by atoms with Crippen LogP contribution < -0.4 is 10.2 Å². The van der Waals surface area contributed by atoms with Crippen molar-refractivity contribution in [3.63, 3.8) is 0 Å². The topological polar surface area (TPSA) is 114 Å². The van der Waals surface area contributed by atoms with Gasteiger partial charge in [-0.25, -0.2) is 9.59 Å². The normalized spacial score (nSPS) is 26.8. The third kappa shape index (κ3) is 7.56. The number of thiophene rings is 1. The number of aromatic carboxylic acids is 1. The van der Waals surface area contributed by atoms with Gasteiger partial charge in [-0.1, -0.05) is 18.8 Å². The summed E-state index contributed by atoms with van der Waals surface area (Å²) in [7, 11) is 0. The average Bonchev–Trinajstić information content (AvgIpc) is 3.60. The number of carboxylic acids is 1. The second-order valence-corrected chi connectivity index (χ2v) is 13.4. The molecule has 2 N–H and O–H groups in total. The molecule has 1 aliphatic carbocycles. The number of amides is 2. The van der Waals surface area contributed by atoms with Gasteiger partial charge >= 0.3 is 12.1 Å². The number of hydrogen-bond acceptors (Lipinski definition) is 7. The lowest BCUT2D eigenvalue weighted by atomic mass is 9.82. The average molecular weight is 575 g/mol. The molecular formula is C30H42N2O7S. The molecule has 0 radical (unpaired) electrons. The van der Waals surface area contributed by atoms with E-state index in [9.17, 15) is 19.5 Å². The van der Waals surface area contributed by atoms with E-state index in [1.807, 2.05) is 27.7 Å². The molecule has 2 amide bonds. The summed E-state index contributed by atoms with van der Waals surface area (Å²) in [6.07, 6.45) is 3.57. The van der Waals surface area contributed by atoms with E-state index in [2.05, 4.69) is 24.1 Å². The molecule has 1 aromatic rings. The van der Waals surface area contributed by atoms with E-state index < -0.39 is 12.1 Å². The van der Waals surface area contributed by atoms with Gasteiger partial charge in [0.25, 0.3) is 0 Å². The van der Waals surface area contributed by atoms with Crippen molar-refractivity contribution in [2.24, 2.45) is 23.2 Å². The zero-order valence-corrected chi connectivity index (χ0v) is 25.0. The summed E-state index contributed by atoms with van der Waals surface area (Å²) >= 11 is 1.09. The van der Waals surface area contributed by atoms with Crippen LogP contribution in [0.2, 0.25) is 0 Å².